The molecule has 3 aromatic rings. The molecule has 4 rings (SSSR count). The van der Waals surface area contributed by atoms with Crippen LogP contribution in [0.25, 0.3) is 10.9 Å². The maximum atomic E-state index is 12.9. The molecule has 2 N–H and O–H groups in total. The van der Waals surface area contributed by atoms with Crippen molar-refractivity contribution in [1.82, 2.24) is 15.2 Å². The Morgan fingerprint density at radius 2 is 2.07 bits per heavy atom. The second-order valence-electron chi connectivity index (χ2n) is 7.63. The van der Waals surface area contributed by atoms with Gasteiger partial charge in [-0.3, -0.25) is 9.59 Å². The molecule has 0 aliphatic carbocycles. The van der Waals surface area contributed by atoms with Crippen LogP contribution in [0.2, 0.25) is 5.02 Å². The normalized spacial score (nSPS) is 16.1. The highest BCUT2D eigenvalue weighted by atomic mass is 35.5. The Balaban J connectivity index is 1.32. The molecular formula is C22H24ClN3O3. The number of piperidine rings is 1. The molecule has 6 nitrogen and oxygen atoms in total. The van der Waals surface area contributed by atoms with E-state index in [-0.39, 0.29) is 23.7 Å². The third kappa shape index (κ3) is 4.32. The number of carbonyl (C=O) groups is 2. The van der Waals surface area contributed by atoms with Gasteiger partial charge in [0.15, 0.2) is 0 Å². The van der Waals surface area contributed by atoms with E-state index in [1.807, 2.05) is 36.1 Å². The fourth-order valence-corrected chi connectivity index (χ4v) is 4.13. The van der Waals surface area contributed by atoms with E-state index in [2.05, 4.69) is 10.3 Å². The summed E-state index contributed by atoms with van der Waals surface area (Å²) in [4.78, 5) is 30.4. The number of hydrogen-bond donors (Lipinski definition) is 2. The Labute approximate surface area is 174 Å². The number of H-pyrrole nitrogens is 1. The zero-order chi connectivity index (χ0) is 20.4. The van der Waals surface area contributed by atoms with E-state index in [1.54, 1.807) is 18.4 Å². The van der Waals surface area contributed by atoms with Crippen molar-refractivity contribution in [2.75, 3.05) is 13.1 Å². The molecule has 152 valence electrons. The highest BCUT2D eigenvalue weighted by Crippen LogP contribution is 2.27. The van der Waals surface area contributed by atoms with Crippen LogP contribution in [0.5, 0.6) is 0 Å². The van der Waals surface area contributed by atoms with Crippen LogP contribution in [-0.4, -0.2) is 34.8 Å². The number of nitrogens with zero attached hydrogens (tertiary/aromatic N) is 1. The molecule has 1 saturated heterocycles. The van der Waals surface area contributed by atoms with Crippen LogP contribution < -0.4 is 5.32 Å². The number of furan rings is 1. The fraction of sp³-hybridized carbons (Fsp3) is 0.364. The molecule has 1 atom stereocenters. The maximum Gasteiger partial charge on any atom is 0.270 e. The smallest absolute Gasteiger partial charge is 0.270 e. The Hall–Kier alpha value is -2.73. The number of rotatable bonds is 5. The van der Waals surface area contributed by atoms with Gasteiger partial charge in [0.1, 0.15) is 11.5 Å². The average molecular weight is 414 g/mol. The molecular weight excluding hydrogens is 390 g/mol. The summed E-state index contributed by atoms with van der Waals surface area (Å²) >= 11 is 6.03. The minimum Gasteiger partial charge on any atom is -0.467 e. The van der Waals surface area contributed by atoms with Crippen LogP contribution in [0.3, 0.4) is 0 Å². The Bertz CT molecular complexity index is 1000. The number of benzene rings is 1. The molecule has 3 heterocycles. The van der Waals surface area contributed by atoms with Crippen molar-refractivity contribution >= 4 is 34.3 Å². The number of carbonyl (C=O) groups excluding carboxylic acids is 2. The molecule has 2 amide bonds. The van der Waals surface area contributed by atoms with Crippen LogP contribution >= 0.6 is 11.6 Å². The van der Waals surface area contributed by atoms with Crippen LogP contribution in [0.15, 0.2) is 47.1 Å². The lowest BCUT2D eigenvalue weighted by Crippen LogP contribution is -2.42. The van der Waals surface area contributed by atoms with E-state index in [4.69, 9.17) is 16.0 Å². The summed E-state index contributed by atoms with van der Waals surface area (Å²) in [6.07, 6.45) is 3.22. The number of aromatic nitrogens is 1. The zero-order valence-electron chi connectivity index (χ0n) is 16.3. The number of halogens is 1. The lowest BCUT2D eigenvalue weighted by Gasteiger charge is -2.34. The van der Waals surface area contributed by atoms with E-state index >= 15 is 0 Å². The Kier molecular flexibility index (Phi) is 5.62. The fourth-order valence-electron chi connectivity index (χ4n) is 3.95. The summed E-state index contributed by atoms with van der Waals surface area (Å²) in [5, 5.41) is 4.51. The molecule has 1 fully saturated rings. The molecule has 1 aliphatic rings. The molecule has 1 aromatic carbocycles. The van der Waals surface area contributed by atoms with Gasteiger partial charge in [-0.25, -0.2) is 0 Å². The predicted octanol–water partition coefficient (Wildman–Crippen LogP) is 4.22. The number of hydrogen-bond acceptors (Lipinski definition) is 3. The van der Waals surface area contributed by atoms with Gasteiger partial charge in [-0.15, -0.1) is 0 Å². The van der Waals surface area contributed by atoms with E-state index in [1.165, 1.54) is 0 Å². The largest absolute Gasteiger partial charge is 0.467 e. The average Bonchev–Trinajstić information content (AvgIpc) is 3.40. The van der Waals surface area contributed by atoms with Crippen molar-refractivity contribution in [3.05, 3.63) is 59.1 Å². The molecule has 1 aliphatic heterocycles. The topological polar surface area (TPSA) is 78.3 Å². The molecule has 2 aromatic heterocycles. The first-order chi connectivity index (χ1) is 14.0. The van der Waals surface area contributed by atoms with Crippen molar-refractivity contribution in [2.24, 2.45) is 11.8 Å². The second-order valence-corrected chi connectivity index (χ2v) is 8.07. The predicted molar refractivity (Wildman–Crippen MR) is 112 cm³/mol. The van der Waals surface area contributed by atoms with Crippen molar-refractivity contribution in [1.29, 1.82) is 0 Å². The van der Waals surface area contributed by atoms with Crippen LogP contribution in [0.4, 0.5) is 0 Å². The lowest BCUT2D eigenvalue weighted by molar-refractivity contribution is -0.126. The molecule has 0 bridgehead atoms. The Morgan fingerprint density at radius 3 is 2.79 bits per heavy atom. The van der Waals surface area contributed by atoms with E-state index in [0.717, 1.165) is 29.5 Å². The van der Waals surface area contributed by atoms with E-state index < -0.39 is 0 Å². The van der Waals surface area contributed by atoms with E-state index in [9.17, 15) is 9.59 Å². The van der Waals surface area contributed by atoms with Crippen LogP contribution in [0.1, 0.15) is 36.0 Å². The molecule has 0 radical (unpaired) electrons. The summed E-state index contributed by atoms with van der Waals surface area (Å²) in [6, 6.07) is 11.0. The van der Waals surface area contributed by atoms with Gasteiger partial charge < -0.3 is 19.6 Å². The van der Waals surface area contributed by atoms with Gasteiger partial charge in [-0.2, -0.15) is 0 Å². The number of aromatic amines is 1. The summed E-state index contributed by atoms with van der Waals surface area (Å²) in [5.41, 5.74) is 1.47. The van der Waals surface area contributed by atoms with Crippen LogP contribution in [-0.2, 0) is 11.3 Å². The SMILES string of the molecule is CC(C(=O)NCc1ccco1)C1CCN(C(=O)c2cc3cc(Cl)ccc3[nH]2)CC1. The number of likely N-dealkylation sites (tertiary alicyclic amines) is 1. The second kappa shape index (κ2) is 8.33. The summed E-state index contributed by atoms with van der Waals surface area (Å²) in [7, 11) is 0. The van der Waals surface area contributed by atoms with Gasteiger partial charge >= 0.3 is 0 Å². The third-order valence-corrected chi connectivity index (χ3v) is 6.01. The molecule has 1 unspecified atom stereocenters. The van der Waals surface area contributed by atoms with Gasteiger partial charge in [0.05, 0.1) is 12.8 Å². The quantitative estimate of drug-likeness (QED) is 0.657. The molecule has 0 saturated carbocycles. The lowest BCUT2D eigenvalue weighted by atomic mass is 9.84. The number of nitrogens with one attached hydrogen (secondary N) is 2. The standard InChI is InChI=1S/C22H24ClN3O3/c1-14(21(27)24-13-18-3-2-10-29-18)15-6-8-26(9-7-15)22(28)20-12-16-11-17(23)4-5-19(16)25-20/h2-5,10-12,14-15,25H,6-9,13H2,1H3,(H,24,27). The van der Waals surface area contributed by atoms with Crippen molar-refractivity contribution in [3.8, 4) is 0 Å². The maximum absolute atomic E-state index is 12.9. The highest BCUT2D eigenvalue weighted by molar-refractivity contribution is 6.31. The summed E-state index contributed by atoms with van der Waals surface area (Å²) in [6.45, 7) is 3.66. The Morgan fingerprint density at radius 1 is 1.28 bits per heavy atom. The molecule has 7 heteroatoms. The molecule has 29 heavy (non-hydrogen) atoms. The first-order valence-corrected chi connectivity index (χ1v) is 10.3. The highest BCUT2D eigenvalue weighted by Gasteiger charge is 2.30. The first-order valence-electron chi connectivity index (χ1n) is 9.89. The summed E-state index contributed by atoms with van der Waals surface area (Å²) in [5.74, 6) is 0.921. The van der Waals surface area contributed by atoms with Gasteiger partial charge in [0.25, 0.3) is 5.91 Å². The third-order valence-electron chi connectivity index (χ3n) is 5.78. The first kappa shape index (κ1) is 19.6. The van der Waals surface area contributed by atoms with Crippen molar-refractivity contribution in [2.45, 2.75) is 26.3 Å². The van der Waals surface area contributed by atoms with Gasteiger partial charge in [-0.1, -0.05) is 18.5 Å². The zero-order valence-corrected chi connectivity index (χ0v) is 17.0. The summed E-state index contributed by atoms with van der Waals surface area (Å²) < 4.78 is 5.25. The van der Waals surface area contributed by atoms with Crippen molar-refractivity contribution in [3.63, 3.8) is 0 Å². The molecule has 0 spiro atoms. The minimum atomic E-state index is -0.0996. The van der Waals surface area contributed by atoms with Gasteiger partial charge in [0, 0.05) is 34.9 Å². The van der Waals surface area contributed by atoms with Gasteiger partial charge in [-0.05, 0) is 55.2 Å². The van der Waals surface area contributed by atoms with Crippen LogP contribution in [0, 0.1) is 11.8 Å². The number of fused-ring (bicyclic) bond motifs is 1. The monoisotopic (exact) mass is 413 g/mol. The van der Waals surface area contributed by atoms with Gasteiger partial charge in [0.2, 0.25) is 5.91 Å². The van der Waals surface area contributed by atoms with Crippen molar-refractivity contribution < 1.29 is 14.0 Å². The minimum absolute atomic E-state index is 0.00861. The number of amides is 2. The van der Waals surface area contributed by atoms with E-state index in [0.29, 0.717) is 30.4 Å².